The van der Waals surface area contributed by atoms with Gasteiger partial charge in [-0.05, 0) is 48.6 Å². The van der Waals surface area contributed by atoms with E-state index in [2.05, 4.69) is 29.3 Å². The van der Waals surface area contributed by atoms with E-state index in [1.165, 1.54) is 5.56 Å². The van der Waals surface area contributed by atoms with Gasteiger partial charge in [-0.1, -0.05) is 37.3 Å². The minimum Gasteiger partial charge on any atom is -0.507 e. The van der Waals surface area contributed by atoms with Gasteiger partial charge >= 0.3 is 0 Å². The van der Waals surface area contributed by atoms with Crippen molar-refractivity contribution in [3.05, 3.63) is 69.9 Å². The molecule has 0 radical (unpaired) electrons. The molecule has 3 aromatic rings. The number of nitrogens with zero attached hydrogens (tertiary/aromatic N) is 2. The maximum absolute atomic E-state index is 13.0. The van der Waals surface area contributed by atoms with E-state index in [0.717, 1.165) is 28.7 Å². The summed E-state index contributed by atoms with van der Waals surface area (Å²) in [5.74, 6) is -0.0495. The zero-order valence-corrected chi connectivity index (χ0v) is 16.9. The molecule has 0 aliphatic carbocycles. The molecular formula is C23H25N3O3. The normalized spacial score (nSPS) is 15.8. The lowest BCUT2D eigenvalue weighted by Crippen LogP contribution is -2.32. The monoisotopic (exact) mass is 391 g/mol. The molecule has 2 aromatic carbocycles. The van der Waals surface area contributed by atoms with Gasteiger partial charge in [0.15, 0.2) is 0 Å². The number of fused-ring (bicyclic) bond motifs is 1. The molecule has 6 heteroatoms. The first kappa shape index (κ1) is 19.2. The van der Waals surface area contributed by atoms with Gasteiger partial charge in [0.2, 0.25) is 0 Å². The first-order valence-electron chi connectivity index (χ1n) is 9.85. The smallest absolute Gasteiger partial charge is 0.273 e. The second kappa shape index (κ2) is 7.37. The summed E-state index contributed by atoms with van der Waals surface area (Å²) in [4.78, 5) is 14.7. The van der Waals surface area contributed by atoms with Crippen molar-refractivity contribution in [2.75, 3.05) is 13.2 Å². The van der Waals surface area contributed by atoms with Crippen molar-refractivity contribution in [1.82, 2.24) is 15.1 Å². The SMILES string of the molecule is CCc1ccc(C2c3c(-c4c(C)cc(C)cc4O)n[nH]c3C(=O)N2CCO)cc1. The summed E-state index contributed by atoms with van der Waals surface area (Å²) in [7, 11) is 0. The summed E-state index contributed by atoms with van der Waals surface area (Å²) in [6.07, 6.45) is 0.933. The van der Waals surface area contributed by atoms with Gasteiger partial charge < -0.3 is 15.1 Å². The van der Waals surface area contributed by atoms with Gasteiger partial charge in [0.05, 0.1) is 12.6 Å². The molecule has 0 bridgehead atoms. The molecule has 1 aliphatic rings. The summed E-state index contributed by atoms with van der Waals surface area (Å²) in [5.41, 5.74) is 6.38. The number of aliphatic hydroxyl groups excluding tert-OH is 1. The Morgan fingerprint density at radius 3 is 2.52 bits per heavy atom. The van der Waals surface area contributed by atoms with Crippen LogP contribution in [0.15, 0.2) is 36.4 Å². The Labute approximate surface area is 169 Å². The molecule has 1 amide bonds. The number of hydrogen-bond donors (Lipinski definition) is 3. The second-order valence-corrected chi connectivity index (χ2v) is 7.56. The third kappa shape index (κ3) is 3.09. The number of phenolic OH excluding ortho intramolecular Hbond substituents is 1. The van der Waals surface area contributed by atoms with Gasteiger partial charge in [0, 0.05) is 17.7 Å². The van der Waals surface area contributed by atoms with Crippen LogP contribution in [0.2, 0.25) is 0 Å². The van der Waals surface area contributed by atoms with Crippen molar-refractivity contribution in [3.63, 3.8) is 0 Å². The molecule has 29 heavy (non-hydrogen) atoms. The number of β-amino-alcohol motifs (C(OH)–C–C–N with tert-alkyl or cyclic N) is 1. The fraction of sp³-hybridized carbons (Fsp3) is 0.304. The number of hydrogen-bond acceptors (Lipinski definition) is 4. The highest BCUT2D eigenvalue weighted by Gasteiger charge is 2.42. The van der Waals surface area contributed by atoms with Crippen LogP contribution in [0.3, 0.4) is 0 Å². The number of aromatic amines is 1. The lowest BCUT2D eigenvalue weighted by molar-refractivity contribution is 0.0706. The van der Waals surface area contributed by atoms with Crippen LogP contribution in [0.25, 0.3) is 11.3 Å². The van der Waals surface area contributed by atoms with Gasteiger partial charge in [0.25, 0.3) is 5.91 Å². The molecule has 1 aliphatic heterocycles. The molecular weight excluding hydrogens is 366 g/mol. The summed E-state index contributed by atoms with van der Waals surface area (Å²) >= 11 is 0. The fourth-order valence-electron chi connectivity index (χ4n) is 4.26. The van der Waals surface area contributed by atoms with Gasteiger partial charge in [-0.2, -0.15) is 5.10 Å². The molecule has 0 saturated heterocycles. The number of phenols is 1. The largest absolute Gasteiger partial charge is 0.507 e. The van der Waals surface area contributed by atoms with Crippen molar-refractivity contribution in [1.29, 1.82) is 0 Å². The van der Waals surface area contributed by atoms with E-state index in [9.17, 15) is 15.0 Å². The number of H-pyrrole nitrogens is 1. The first-order chi connectivity index (χ1) is 14.0. The Bertz CT molecular complexity index is 1050. The van der Waals surface area contributed by atoms with Gasteiger partial charge in [-0.15, -0.1) is 0 Å². The maximum atomic E-state index is 13.0. The van der Waals surface area contributed by atoms with Crippen LogP contribution in [0.1, 0.15) is 51.3 Å². The maximum Gasteiger partial charge on any atom is 0.273 e. The number of nitrogens with one attached hydrogen (secondary N) is 1. The van der Waals surface area contributed by atoms with E-state index in [1.54, 1.807) is 11.0 Å². The fourth-order valence-corrected chi connectivity index (χ4v) is 4.26. The zero-order valence-electron chi connectivity index (χ0n) is 16.9. The standard InChI is InChI=1S/C23H25N3O3/c1-4-15-5-7-16(8-6-15)22-19-20(18-14(3)11-13(2)12-17(18)28)24-25-21(19)23(29)26(22)9-10-27/h5-8,11-12,22,27-28H,4,9-10H2,1-3H3,(H,24,25). The Morgan fingerprint density at radius 1 is 1.17 bits per heavy atom. The van der Waals surface area contributed by atoms with Crippen LogP contribution < -0.4 is 0 Å². The van der Waals surface area contributed by atoms with Crippen molar-refractivity contribution < 1.29 is 15.0 Å². The predicted molar refractivity (Wildman–Crippen MR) is 111 cm³/mol. The minimum atomic E-state index is -0.371. The molecule has 6 nitrogen and oxygen atoms in total. The van der Waals surface area contributed by atoms with Gasteiger partial charge in [0.1, 0.15) is 17.1 Å². The molecule has 0 fully saturated rings. The molecule has 0 saturated carbocycles. The predicted octanol–water partition coefficient (Wildman–Crippen LogP) is 3.50. The number of aliphatic hydroxyl groups is 1. The van der Waals surface area contributed by atoms with Crippen LogP contribution in [0, 0.1) is 13.8 Å². The molecule has 0 spiro atoms. The topological polar surface area (TPSA) is 89.5 Å². The number of carbonyl (C=O) groups is 1. The van der Waals surface area contributed by atoms with Crippen molar-refractivity contribution in [2.24, 2.45) is 0 Å². The van der Waals surface area contributed by atoms with E-state index in [4.69, 9.17) is 0 Å². The van der Waals surface area contributed by atoms with Crippen LogP contribution in [-0.4, -0.2) is 44.4 Å². The highest BCUT2D eigenvalue weighted by atomic mass is 16.3. The van der Waals surface area contributed by atoms with Crippen LogP contribution >= 0.6 is 0 Å². The molecule has 1 aromatic heterocycles. The Morgan fingerprint density at radius 2 is 1.90 bits per heavy atom. The molecule has 1 atom stereocenters. The number of aryl methyl sites for hydroxylation is 3. The average Bonchev–Trinajstić information content (AvgIpc) is 3.22. The summed E-state index contributed by atoms with van der Waals surface area (Å²) in [6, 6.07) is 11.5. The van der Waals surface area contributed by atoms with Gasteiger partial charge in [-0.25, -0.2) is 0 Å². The number of rotatable bonds is 5. The lowest BCUT2D eigenvalue weighted by atomic mass is 9.92. The molecule has 2 heterocycles. The van der Waals surface area contributed by atoms with E-state index in [1.807, 2.05) is 32.0 Å². The Balaban J connectivity index is 1.91. The number of aromatic hydroxyl groups is 1. The number of aromatic nitrogens is 2. The van der Waals surface area contributed by atoms with Crippen LogP contribution in [0.5, 0.6) is 5.75 Å². The molecule has 3 N–H and O–H groups in total. The number of carbonyl (C=O) groups excluding carboxylic acids is 1. The highest BCUT2D eigenvalue weighted by Crippen LogP contribution is 2.45. The Kier molecular flexibility index (Phi) is 4.88. The van der Waals surface area contributed by atoms with E-state index in [-0.39, 0.29) is 30.9 Å². The van der Waals surface area contributed by atoms with Crippen LogP contribution in [0.4, 0.5) is 0 Å². The average molecular weight is 391 g/mol. The number of amides is 1. The number of benzene rings is 2. The summed E-state index contributed by atoms with van der Waals surface area (Å²) < 4.78 is 0. The van der Waals surface area contributed by atoms with Crippen LogP contribution in [-0.2, 0) is 6.42 Å². The zero-order chi connectivity index (χ0) is 20.7. The highest BCUT2D eigenvalue weighted by molar-refractivity contribution is 6.00. The van der Waals surface area contributed by atoms with E-state index >= 15 is 0 Å². The van der Waals surface area contributed by atoms with E-state index < -0.39 is 0 Å². The third-order valence-corrected chi connectivity index (χ3v) is 5.60. The van der Waals surface area contributed by atoms with E-state index in [0.29, 0.717) is 17.0 Å². The Hall–Kier alpha value is -3.12. The lowest BCUT2D eigenvalue weighted by Gasteiger charge is -2.26. The van der Waals surface area contributed by atoms with Crippen molar-refractivity contribution >= 4 is 5.91 Å². The van der Waals surface area contributed by atoms with Gasteiger partial charge in [-0.3, -0.25) is 9.89 Å². The molecule has 4 rings (SSSR count). The summed E-state index contributed by atoms with van der Waals surface area (Å²) in [5, 5.41) is 27.5. The summed E-state index contributed by atoms with van der Waals surface area (Å²) in [6.45, 7) is 6.05. The molecule has 150 valence electrons. The minimum absolute atomic E-state index is 0.128. The third-order valence-electron chi connectivity index (χ3n) is 5.60. The molecule has 1 unspecified atom stereocenters. The first-order valence-corrected chi connectivity index (χ1v) is 9.85. The second-order valence-electron chi connectivity index (χ2n) is 7.56. The van der Waals surface area contributed by atoms with Crippen molar-refractivity contribution in [2.45, 2.75) is 33.2 Å². The quantitative estimate of drug-likeness (QED) is 0.621. The van der Waals surface area contributed by atoms with Crippen molar-refractivity contribution in [3.8, 4) is 17.0 Å².